The minimum Gasteiger partial charge on any atom is -0.489 e. The molecular formula is C44H48F3N5O9. The maximum atomic E-state index is 13.6. The van der Waals surface area contributed by atoms with E-state index in [0.29, 0.717) is 29.0 Å². The summed E-state index contributed by atoms with van der Waals surface area (Å²) in [6, 6.07) is 27.8. The van der Waals surface area contributed by atoms with Crippen LogP contribution in [0.5, 0.6) is 5.75 Å². The largest absolute Gasteiger partial charge is 0.489 e. The summed E-state index contributed by atoms with van der Waals surface area (Å²) in [5.41, 5.74) is 2.87. The van der Waals surface area contributed by atoms with Crippen molar-refractivity contribution in [3.05, 3.63) is 138 Å². The Morgan fingerprint density at radius 2 is 1.08 bits per heavy atom. The number of hydrogen-bond donors (Lipinski definition) is 6. The van der Waals surface area contributed by atoms with E-state index in [1.54, 1.807) is 84.9 Å². The highest BCUT2D eigenvalue weighted by molar-refractivity contribution is 5.94. The summed E-state index contributed by atoms with van der Waals surface area (Å²) in [6.45, 7) is 1.70. The fraction of sp³-hybridized carbons (Fsp3) is 0.318. The van der Waals surface area contributed by atoms with Crippen LogP contribution in [0.1, 0.15) is 42.5 Å². The molecule has 0 unspecified atom stereocenters. The lowest BCUT2D eigenvalue weighted by Crippen LogP contribution is -2.56. The maximum absolute atomic E-state index is 13.6. The molecule has 4 aromatic carbocycles. The van der Waals surface area contributed by atoms with E-state index in [1.807, 2.05) is 30.3 Å². The number of rotatable bonds is 21. The summed E-state index contributed by atoms with van der Waals surface area (Å²) in [4.78, 5) is 77.6. The first-order valence-electron chi connectivity index (χ1n) is 19.3. The molecule has 4 aromatic rings. The summed E-state index contributed by atoms with van der Waals surface area (Å²) in [6.07, 6.45) is -6.71. The lowest BCUT2D eigenvalue weighted by atomic mass is 10.00. The third-order valence-electron chi connectivity index (χ3n) is 9.31. The van der Waals surface area contributed by atoms with Crippen LogP contribution >= 0.6 is 0 Å². The summed E-state index contributed by atoms with van der Waals surface area (Å²) in [5, 5.41) is 21.5. The van der Waals surface area contributed by atoms with E-state index in [2.05, 4.69) is 26.6 Å². The molecule has 14 nitrogen and oxygen atoms in total. The molecule has 0 radical (unpaired) electrons. The van der Waals surface area contributed by atoms with Gasteiger partial charge in [0.15, 0.2) is 0 Å². The molecule has 0 aliphatic heterocycles. The highest BCUT2D eigenvalue weighted by atomic mass is 19.4. The van der Waals surface area contributed by atoms with Crippen molar-refractivity contribution in [3.8, 4) is 5.75 Å². The second-order valence-corrected chi connectivity index (χ2v) is 14.2. The van der Waals surface area contributed by atoms with Gasteiger partial charge in [0.1, 0.15) is 43.1 Å². The molecule has 0 fully saturated rings. The number of hydrogen-bond acceptors (Lipinski definition) is 8. The van der Waals surface area contributed by atoms with Crippen LogP contribution in [0.15, 0.2) is 115 Å². The van der Waals surface area contributed by atoms with Gasteiger partial charge in [-0.25, -0.2) is 9.59 Å². The Morgan fingerprint density at radius 3 is 1.62 bits per heavy atom. The van der Waals surface area contributed by atoms with Gasteiger partial charge in [-0.1, -0.05) is 110 Å². The number of ether oxygens (including phenoxy) is 2. The molecule has 0 saturated carbocycles. The van der Waals surface area contributed by atoms with Gasteiger partial charge in [0.2, 0.25) is 23.6 Å². The van der Waals surface area contributed by atoms with Crippen molar-refractivity contribution >= 4 is 35.7 Å². The van der Waals surface area contributed by atoms with Crippen molar-refractivity contribution < 1.29 is 56.5 Å². The predicted molar refractivity (Wildman–Crippen MR) is 217 cm³/mol. The van der Waals surface area contributed by atoms with Gasteiger partial charge in [-0.3, -0.25) is 19.2 Å². The average molecular weight is 848 g/mol. The SMILES string of the molecule is C[C@H](C[C@@H](NC(=O)[C@H](Cc1ccccc1)NC(=O)CNC(=O)[C@@H](C)NC(=O)[C@H](Cc1ccc(OCc2ccccc2)cc1)NC(=O)OCc1ccccc1)C(=O)O)C(F)(F)F. The van der Waals surface area contributed by atoms with Crippen LogP contribution in [0.3, 0.4) is 0 Å². The van der Waals surface area contributed by atoms with Crippen molar-refractivity contribution in [2.24, 2.45) is 5.92 Å². The van der Waals surface area contributed by atoms with E-state index in [9.17, 15) is 47.0 Å². The molecule has 0 saturated heterocycles. The quantitative estimate of drug-likeness (QED) is 0.0693. The van der Waals surface area contributed by atoms with Gasteiger partial charge in [0, 0.05) is 12.8 Å². The number of nitrogens with one attached hydrogen (secondary N) is 5. The van der Waals surface area contributed by atoms with Crippen LogP contribution in [-0.2, 0) is 54.8 Å². The van der Waals surface area contributed by atoms with E-state index in [1.165, 1.54) is 6.92 Å². The van der Waals surface area contributed by atoms with Crippen molar-refractivity contribution in [1.82, 2.24) is 26.6 Å². The van der Waals surface area contributed by atoms with Crippen LogP contribution in [0.2, 0.25) is 0 Å². The molecular weight excluding hydrogens is 800 g/mol. The fourth-order valence-corrected chi connectivity index (χ4v) is 5.80. The molecule has 5 atom stereocenters. The van der Waals surface area contributed by atoms with E-state index in [-0.39, 0.29) is 19.4 Å². The van der Waals surface area contributed by atoms with Gasteiger partial charge in [-0.15, -0.1) is 0 Å². The topological polar surface area (TPSA) is 201 Å². The average Bonchev–Trinajstić information content (AvgIpc) is 3.24. The second-order valence-electron chi connectivity index (χ2n) is 14.2. The zero-order valence-corrected chi connectivity index (χ0v) is 33.4. The van der Waals surface area contributed by atoms with Crippen LogP contribution in [0, 0.1) is 5.92 Å². The Bertz CT molecular complexity index is 2060. The molecule has 4 rings (SSSR count). The van der Waals surface area contributed by atoms with Gasteiger partial charge < -0.3 is 41.2 Å². The highest BCUT2D eigenvalue weighted by Crippen LogP contribution is 2.29. The van der Waals surface area contributed by atoms with Crippen LogP contribution < -0.4 is 31.3 Å². The minimum atomic E-state index is -4.71. The van der Waals surface area contributed by atoms with Crippen LogP contribution in [0.25, 0.3) is 0 Å². The number of aliphatic carboxylic acids is 1. The molecule has 61 heavy (non-hydrogen) atoms. The number of alkyl halides is 3. The van der Waals surface area contributed by atoms with Crippen molar-refractivity contribution in [3.63, 3.8) is 0 Å². The predicted octanol–water partition coefficient (Wildman–Crippen LogP) is 4.61. The van der Waals surface area contributed by atoms with E-state index < -0.39 is 84.9 Å². The van der Waals surface area contributed by atoms with E-state index in [4.69, 9.17) is 9.47 Å². The van der Waals surface area contributed by atoms with Gasteiger partial charge in [-0.05, 0) is 47.7 Å². The van der Waals surface area contributed by atoms with Crippen molar-refractivity contribution in [1.29, 1.82) is 0 Å². The smallest absolute Gasteiger partial charge is 0.408 e. The minimum absolute atomic E-state index is 0.00923. The van der Waals surface area contributed by atoms with E-state index >= 15 is 0 Å². The lowest BCUT2D eigenvalue weighted by Gasteiger charge is -2.24. The Balaban J connectivity index is 1.37. The number of carboxylic acids is 1. The number of carbonyl (C=O) groups is 6. The van der Waals surface area contributed by atoms with Gasteiger partial charge in [-0.2, -0.15) is 13.2 Å². The number of carbonyl (C=O) groups excluding carboxylic acids is 5. The molecule has 0 spiro atoms. The molecule has 324 valence electrons. The fourth-order valence-electron chi connectivity index (χ4n) is 5.80. The molecule has 0 heterocycles. The normalized spacial score (nSPS) is 13.5. The maximum Gasteiger partial charge on any atom is 0.408 e. The summed E-state index contributed by atoms with van der Waals surface area (Å²) in [7, 11) is 0. The zero-order valence-electron chi connectivity index (χ0n) is 33.4. The van der Waals surface area contributed by atoms with Crippen LogP contribution in [-0.4, -0.2) is 77.7 Å². The van der Waals surface area contributed by atoms with Crippen molar-refractivity contribution in [2.45, 2.75) is 76.7 Å². The summed E-state index contributed by atoms with van der Waals surface area (Å²) < 4.78 is 50.8. The Morgan fingerprint density at radius 1 is 0.590 bits per heavy atom. The first-order chi connectivity index (χ1) is 29.1. The first-order valence-corrected chi connectivity index (χ1v) is 19.3. The van der Waals surface area contributed by atoms with Crippen LogP contribution in [0.4, 0.5) is 18.0 Å². The monoisotopic (exact) mass is 847 g/mol. The second kappa shape index (κ2) is 23.0. The molecule has 0 bridgehead atoms. The number of amides is 5. The standard InChI is InChI=1S/C44H48F3N5O9/c1-28(44(45,46)47)22-37(42(57)58)51-41(56)35(23-30-12-6-3-7-13-30)50-38(53)25-48-39(54)29(2)49-40(55)36(52-43(59)61-27-33-16-10-5-11-17-33)24-31-18-20-34(21-19-31)60-26-32-14-8-4-9-15-32/h3-21,28-29,35-37H,22-27H2,1-2H3,(H,48,54)(H,49,55)(H,50,53)(H,51,56)(H,52,59)(H,57,58)/t28-,29-,35+,36+,37-/m1/s1. The molecule has 6 N–H and O–H groups in total. The highest BCUT2D eigenvalue weighted by Gasteiger charge is 2.39. The number of alkyl carbamates (subject to hydrolysis) is 1. The lowest BCUT2D eigenvalue weighted by molar-refractivity contribution is -0.175. The third kappa shape index (κ3) is 16.3. The molecule has 0 aliphatic carbocycles. The molecule has 5 amide bonds. The summed E-state index contributed by atoms with van der Waals surface area (Å²) >= 11 is 0. The number of carboxylic acid groups (broad SMARTS) is 1. The van der Waals surface area contributed by atoms with E-state index in [0.717, 1.165) is 12.5 Å². The third-order valence-corrected chi connectivity index (χ3v) is 9.31. The first kappa shape index (κ1) is 46.8. The number of halogens is 3. The Labute approximate surface area is 350 Å². The zero-order chi connectivity index (χ0) is 44.4. The number of benzene rings is 4. The molecule has 0 aliphatic rings. The van der Waals surface area contributed by atoms with Gasteiger partial charge >= 0.3 is 18.2 Å². The van der Waals surface area contributed by atoms with Crippen molar-refractivity contribution in [2.75, 3.05) is 6.54 Å². The van der Waals surface area contributed by atoms with Gasteiger partial charge in [0.25, 0.3) is 0 Å². The summed E-state index contributed by atoms with van der Waals surface area (Å²) in [5.74, 6) is -6.68. The molecule has 17 heteroatoms. The molecule has 0 aromatic heterocycles. The van der Waals surface area contributed by atoms with Gasteiger partial charge in [0.05, 0.1) is 12.5 Å². The Kier molecular flexibility index (Phi) is 17.7. The Hall–Kier alpha value is -6.91.